The number of hydrogen-bond acceptors (Lipinski definition) is 3. The van der Waals surface area contributed by atoms with Gasteiger partial charge in [-0.3, -0.25) is 15.4 Å². The first-order valence-electron chi connectivity index (χ1n) is 2.39. The van der Waals surface area contributed by atoms with Gasteiger partial charge in [0.25, 0.3) is 0 Å². The second-order valence-electron chi connectivity index (χ2n) is 1.46. The Morgan fingerprint density at radius 3 is 2.78 bits per heavy atom. The van der Waals surface area contributed by atoms with Crippen LogP contribution in [0.5, 0.6) is 0 Å². The largest absolute Gasteiger partial charge is 0.297 e. The van der Waals surface area contributed by atoms with Gasteiger partial charge in [0.2, 0.25) is 0 Å². The molecule has 0 amide bonds. The first-order chi connectivity index (χ1) is 4.18. The van der Waals surface area contributed by atoms with Crippen LogP contribution in [0.15, 0.2) is 17.8 Å². The molecule has 50 valence electrons. The van der Waals surface area contributed by atoms with Gasteiger partial charge in [0.15, 0.2) is 5.84 Å². The van der Waals surface area contributed by atoms with Gasteiger partial charge >= 0.3 is 0 Å². The lowest BCUT2D eigenvalue weighted by Gasteiger charge is -2.06. The van der Waals surface area contributed by atoms with E-state index in [1.807, 2.05) is 0 Å². The Bertz CT molecular complexity index is 136. The summed E-state index contributed by atoms with van der Waals surface area (Å²) in [7, 11) is 1.57. The Kier molecular flexibility index (Phi) is 3.31. The predicted octanol–water partition coefficient (Wildman–Crippen LogP) is -0.0165. The van der Waals surface area contributed by atoms with Crippen molar-refractivity contribution in [1.82, 2.24) is 5.01 Å². The van der Waals surface area contributed by atoms with E-state index < -0.39 is 0 Å². The minimum Gasteiger partial charge on any atom is -0.297 e. The number of nitrogens with zero attached hydrogens (tertiary/aromatic N) is 2. The molecule has 0 rings (SSSR count). The fourth-order valence-corrected chi connectivity index (χ4v) is 0.214. The van der Waals surface area contributed by atoms with Gasteiger partial charge in [-0.15, -0.1) is 0 Å². The molecule has 3 N–H and O–H groups in total. The first kappa shape index (κ1) is 7.84. The van der Waals surface area contributed by atoms with E-state index in [1.165, 1.54) is 12.4 Å². The molecule has 0 aliphatic carbocycles. The molecule has 0 aliphatic rings. The van der Waals surface area contributed by atoms with Crippen LogP contribution >= 0.6 is 0 Å². The van der Waals surface area contributed by atoms with E-state index in [-0.39, 0.29) is 5.84 Å². The van der Waals surface area contributed by atoms with Crippen LogP contribution in [0.3, 0.4) is 0 Å². The summed E-state index contributed by atoms with van der Waals surface area (Å²) < 4.78 is 0. The molecule has 0 unspecified atom stereocenters. The van der Waals surface area contributed by atoms with E-state index >= 15 is 0 Å². The fraction of sp³-hybridized carbons (Fsp3) is 0.200. The van der Waals surface area contributed by atoms with Crippen molar-refractivity contribution in [3.63, 3.8) is 0 Å². The van der Waals surface area contributed by atoms with Crippen molar-refractivity contribution in [2.75, 3.05) is 7.05 Å². The van der Waals surface area contributed by atoms with Crippen LogP contribution in [0.25, 0.3) is 0 Å². The quantitative estimate of drug-likeness (QED) is 0.236. The summed E-state index contributed by atoms with van der Waals surface area (Å²) in [4.78, 5) is 3.59. The Hall–Kier alpha value is -1.16. The minimum absolute atomic E-state index is 0.148. The number of hydrazine groups is 1. The average molecular weight is 126 g/mol. The zero-order valence-electron chi connectivity index (χ0n) is 5.33. The number of nitrogens with two attached hydrogens (primary N) is 1. The summed E-state index contributed by atoms with van der Waals surface area (Å²) in [6.45, 7) is 3.34. The summed E-state index contributed by atoms with van der Waals surface area (Å²) in [5.41, 5.74) is 0. The van der Waals surface area contributed by atoms with Gasteiger partial charge in [0.1, 0.15) is 0 Å². The Morgan fingerprint density at radius 1 is 1.89 bits per heavy atom. The highest BCUT2D eigenvalue weighted by Crippen LogP contribution is 1.71. The fourth-order valence-electron chi connectivity index (χ4n) is 0.214. The van der Waals surface area contributed by atoms with Gasteiger partial charge in [0.05, 0.1) is 6.21 Å². The van der Waals surface area contributed by atoms with E-state index in [9.17, 15) is 0 Å². The van der Waals surface area contributed by atoms with Crippen molar-refractivity contribution < 1.29 is 0 Å². The van der Waals surface area contributed by atoms with Gasteiger partial charge in [-0.05, 0) is 0 Å². The zero-order valence-corrected chi connectivity index (χ0v) is 5.33. The van der Waals surface area contributed by atoms with Crippen LogP contribution in [0, 0.1) is 5.41 Å². The number of nitrogens with one attached hydrogen (secondary N) is 1. The van der Waals surface area contributed by atoms with Crippen LogP contribution in [0.1, 0.15) is 0 Å². The van der Waals surface area contributed by atoms with Crippen LogP contribution in [0.2, 0.25) is 0 Å². The van der Waals surface area contributed by atoms with E-state index in [0.717, 1.165) is 5.01 Å². The molecule has 4 heteroatoms. The highest BCUT2D eigenvalue weighted by Gasteiger charge is 1.90. The molecule has 4 nitrogen and oxygen atoms in total. The van der Waals surface area contributed by atoms with Crippen molar-refractivity contribution in [2.45, 2.75) is 0 Å². The van der Waals surface area contributed by atoms with Crippen LogP contribution in [-0.2, 0) is 0 Å². The van der Waals surface area contributed by atoms with Crippen molar-refractivity contribution >= 4 is 12.1 Å². The summed E-state index contributed by atoms with van der Waals surface area (Å²) in [5, 5.41) is 8.21. The molecule has 0 saturated heterocycles. The molecule has 0 aromatic carbocycles. The van der Waals surface area contributed by atoms with Crippen molar-refractivity contribution in [3.8, 4) is 0 Å². The van der Waals surface area contributed by atoms with Crippen molar-refractivity contribution in [3.05, 3.63) is 12.8 Å². The molecule has 0 aliphatic heterocycles. The van der Waals surface area contributed by atoms with E-state index in [4.69, 9.17) is 11.3 Å². The number of rotatable bonds is 2. The first-order valence-corrected chi connectivity index (χ1v) is 2.39. The lowest BCUT2D eigenvalue weighted by Crippen LogP contribution is -2.33. The van der Waals surface area contributed by atoms with Gasteiger partial charge in [-0.2, -0.15) is 0 Å². The lowest BCUT2D eigenvalue weighted by molar-refractivity contribution is 0.543. The maximum atomic E-state index is 7.05. The van der Waals surface area contributed by atoms with Crippen molar-refractivity contribution in [1.29, 1.82) is 5.41 Å². The molecule has 0 fully saturated rings. The smallest absolute Gasteiger partial charge is 0.153 e. The third-order valence-corrected chi connectivity index (χ3v) is 0.682. The Morgan fingerprint density at radius 2 is 2.44 bits per heavy atom. The highest BCUT2D eigenvalue weighted by atomic mass is 15.4. The van der Waals surface area contributed by atoms with Gasteiger partial charge < -0.3 is 0 Å². The molecule has 0 atom stereocenters. The predicted molar refractivity (Wildman–Crippen MR) is 38.4 cm³/mol. The molecule has 0 spiro atoms. The van der Waals surface area contributed by atoms with Crippen LogP contribution in [0.4, 0.5) is 0 Å². The van der Waals surface area contributed by atoms with Crippen molar-refractivity contribution in [2.24, 2.45) is 10.8 Å². The topological polar surface area (TPSA) is 65.5 Å². The zero-order chi connectivity index (χ0) is 7.28. The number of aliphatic imine (C=N–C) groups is 1. The van der Waals surface area contributed by atoms with Crippen LogP contribution < -0.4 is 5.84 Å². The Balaban J connectivity index is 3.76. The molecule has 0 aromatic heterocycles. The van der Waals surface area contributed by atoms with Gasteiger partial charge in [-0.25, -0.2) is 5.84 Å². The average Bonchev–Trinajstić information content (AvgIpc) is 1.82. The molecule has 0 bridgehead atoms. The summed E-state index contributed by atoms with van der Waals surface area (Å²) in [6.07, 6.45) is 2.66. The highest BCUT2D eigenvalue weighted by molar-refractivity contribution is 6.27. The molecule has 0 heterocycles. The maximum Gasteiger partial charge on any atom is 0.153 e. The standard InChI is InChI=1S/C5H10N4/c1-3-8-4-5(6)9(2)7/h3-4,6H,1,7H2,2H3/b6-5?,8-4-. The number of amidine groups is 1. The molecule has 9 heavy (non-hydrogen) atoms. The third-order valence-electron chi connectivity index (χ3n) is 0.682. The molecular formula is C5H10N4. The normalized spacial score (nSPS) is 9.56. The summed E-state index contributed by atoms with van der Waals surface area (Å²) in [5.74, 6) is 5.31. The molecular weight excluding hydrogens is 116 g/mol. The summed E-state index contributed by atoms with van der Waals surface area (Å²) in [6, 6.07) is 0. The molecule has 0 radical (unpaired) electrons. The van der Waals surface area contributed by atoms with E-state index in [1.54, 1.807) is 7.05 Å². The summed E-state index contributed by atoms with van der Waals surface area (Å²) >= 11 is 0. The molecule has 0 aromatic rings. The van der Waals surface area contributed by atoms with E-state index in [2.05, 4.69) is 11.6 Å². The lowest BCUT2D eigenvalue weighted by atomic mass is 10.6. The monoisotopic (exact) mass is 126 g/mol. The third kappa shape index (κ3) is 3.42. The maximum absolute atomic E-state index is 7.05. The van der Waals surface area contributed by atoms with E-state index in [0.29, 0.717) is 0 Å². The SMILES string of the molecule is C=C/N=C\C(=N)N(C)N. The number of hydrogen-bond donors (Lipinski definition) is 2. The second kappa shape index (κ2) is 3.80. The van der Waals surface area contributed by atoms with Crippen LogP contribution in [-0.4, -0.2) is 24.1 Å². The molecule has 0 saturated carbocycles. The Labute approximate surface area is 54.2 Å². The van der Waals surface area contributed by atoms with Gasteiger partial charge in [-0.1, -0.05) is 6.58 Å². The second-order valence-corrected chi connectivity index (χ2v) is 1.46. The van der Waals surface area contributed by atoms with Gasteiger partial charge in [0, 0.05) is 13.2 Å². The minimum atomic E-state index is 0.148.